The summed E-state index contributed by atoms with van der Waals surface area (Å²) in [6.07, 6.45) is 1.19. The van der Waals surface area contributed by atoms with E-state index in [1.165, 1.54) is 18.0 Å². The van der Waals surface area contributed by atoms with E-state index >= 15 is 0 Å². The summed E-state index contributed by atoms with van der Waals surface area (Å²) in [7, 11) is 3.06. The summed E-state index contributed by atoms with van der Waals surface area (Å²) in [4.78, 5) is 45.5. The van der Waals surface area contributed by atoms with Gasteiger partial charge in [-0.1, -0.05) is 44.2 Å². The average molecular weight is 424 g/mol. The van der Waals surface area contributed by atoms with Crippen LogP contribution >= 0.6 is 0 Å². The molecule has 0 N–H and O–H groups in total. The smallest absolute Gasteiger partial charge is 0.313 e. The van der Waals surface area contributed by atoms with Gasteiger partial charge < -0.3 is 4.57 Å². The van der Waals surface area contributed by atoms with Crippen LogP contribution in [0, 0.1) is 11.8 Å². The second-order valence-electron chi connectivity index (χ2n) is 8.92. The molecule has 3 aromatic rings. The van der Waals surface area contributed by atoms with Crippen LogP contribution in [-0.2, 0) is 27.2 Å². The van der Waals surface area contributed by atoms with E-state index in [-0.39, 0.29) is 12.3 Å². The Morgan fingerprint density at radius 3 is 2.32 bits per heavy atom. The highest BCUT2D eigenvalue weighted by atomic mass is 16.2. The molecule has 0 spiro atoms. The van der Waals surface area contributed by atoms with Crippen LogP contribution in [0.3, 0.4) is 0 Å². The Bertz CT molecular complexity index is 1230. The van der Waals surface area contributed by atoms with Gasteiger partial charge in [0.05, 0.1) is 13.1 Å². The van der Waals surface area contributed by atoms with Crippen LogP contribution < -0.4 is 11.2 Å². The van der Waals surface area contributed by atoms with Crippen molar-refractivity contribution in [1.29, 1.82) is 0 Å². The Hall–Kier alpha value is -3.00. The Morgan fingerprint density at radius 1 is 1.03 bits per heavy atom. The number of ketones is 1. The highest BCUT2D eigenvalue weighted by molar-refractivity contribution is 5.96. The molecular weight excluding hydrogens is 394 g/mol. The molecule has 8 nitrogen and oxygen atoms in total. The third kappa shape index (κ3) is 3.99. The van der Waals surface area contributed by atoms with E-state index in [1.54, 1.807) is 23.7 Å². The van der Waals surface area contributed by atoms with Crippen LogP contribution in [0.1, 0.15) is 36.5 Å². The van der Waals surface area contributed by atoms with Crippen LogP contribution in [0.2, 0.25) is 0 Å². The molecule has 2 aromatic heterocycles. The maximum absolute atomic E-state index is 13.0. The van der Waals surface area contributed by atoms with E-state index in [4.69, 9.17) is 0 Å². The molecule has 3 heterocycles. The molecule has 0 bridgehead atoms. The Labute approximate surface area is 180 Å². The second-order valence-corrected chi connectivity index (χ2v) is 8.92. The van der Waals surface area contributed by atoms with Crippen molar-refractivity contribution in [2.24, 2.45) is 25.9 Å². The number of benzene rings is 1. The molecule has 8 heteroatoms. The molecule has 1 aliphatic rings. The van der Waals surface area contributed by atoms with Crippen molar-refractivity contribution in [1.82, 2.24) is 23.6 Å². The SMILES string of the molecule is C[C@@H]1C[C@@H](C)CN(Cc2nc3c(c(=O)n(C)c(=O)n3C)n2CC(=O)c2ccccc2)C1. The van der Waals surface area contributed by atoms with Crippen molar-refractivity contribution in [2.45, 2.75) is 33.4 Å². The summed E-state index contributed by atoms with van der Waals surface area (Å²) in [5.41, 5.74) is 0.336. The number of hydrogen-bond acceptors (Lipinski definition) is 5. The summed E-state index contributed by atoms with van der Waals surface area (Å²) in [5.74, 6) is 1.69. The van der Waals surface area contributed by atoms with E-state index in [0.717, 1.165) is 17.7 Å². The van der Waals surface area contributed by atoms with Gasteiger partial charge in [-0.2, -0.15) is 0 Å². The van der Waals surface area contributed by atoms with Crippen molar-refractivity contribution >= 4 is 16.9 Å². The zero-order valence-corrected chi connectivity index (χ0v) is 18.5. The predicted molar refractivity (Wildman–Crippen MR) is 119 cm³/mol. The van der Waals surface area contributed by atoms with Crippen molar-refractivity contribution in [3.05, 3.63) is 62.6 Å². The van der Waals surface area contributed by atoms with Gasteiger partial charge in [0, 0.05) is 32.7 Å². The number of aryl methyl sites for hydroxylation is 1. The van der Waals surface area contributed by atoms with Gasteiger partial charge in [-0.3, -0.25) is 23.6 Å². The van der Waals surface area contributed by atoms with Crippen molar-refractivity contribution in [3.8, 4) is 0 Å². The predicted octanol–water partition coefficient (Wildman–Crippen LogP) is 1.79. The molecule has 1 saturated heterocycles. The summed E-state index contributed by atoms with van der Waals surface area (Å²) in [6.45, 7) is 6.90. The number of hydrogen-bond donors (Lipinski definition) is 0. The number of rotatable bonds is 5. The third-order valence-electron chi connectivity index (χ3n) is 6.13. The summed E-state index contributed by atoms with van der Waals surface area (Å²) in [6, 6.07) is 9.03. The fourth-order valence-corrected chi connectivity index (χ4v) is 4.76. The first kappa shape index (κ1) is 21.2. The minimum absolute atomic E-state index is 0.00222. The number of piperidine rings is 1. The Balaban J connectivity index is 1.82. The minimum atomic E-state index is -0.432. The first-order valence-electron chi connectivity index (χ1n) is 10.7. The quantitative estimate of drug-likeness (QED) is 0.585. The van der Waals surface area contributed by atoms with E-state index in [9.17, 15) is 14.4 Å². The highest BCUT2D eigenvalue weighted by Crippen LogP contribution is 2.23. The van der Waals surface area contributed by atoms with Crippen LogP contribution in [0.15, 0.2) is 39.9 Å². The van der Waals surface area contributed by atoms with Gasteiger partial charge in [0.1, 0.15) is 5.82 Å². The molecule has 1 aromatic carbocycles. The summed E-state index contributed by atoms with van der Waals surface area (Å²) in [5, 5.41) is 0. The maximum atomic E-state index is 13.0. The molecule has 4 rings (SSSR count). The molecule has 0 radical (unpaired) electrons. The molecule has 1 fully saturated rings. The molecule has 31 heavy (non-hydrogen) atoms. The lowest BCUT2D eigenvalue weighted by Crippen LogP contribution is -2.39. The molecule has 1 aliphatic heterocycles. The summed E-state index contributed by atoms with van der Waals surface area (Å²) >= 11 is 0. The number of nitrogens with zero attached hydrogens (tertiary/aromatic N) is 5. The van der Waals surface area contributed by atoms with Gasteiger partial charge in [0.15, 0.2) is 16.9 Å². The van der Waals surface area contributed by atoms with Crippen LogP contribution in [0.4, 0.5) is 0 Å². The number of likely N-dealkylation sites (tertiary alicyclic amines) is 1. The standard InChI is InChI=1S/C23H29N5O3/c1-15-10-16(2)12-27(11-15)14-19-24-21-20(22(30)26(4)23(31)25(21)3)28(19)13-18(29)17-8-6-5-7-9-17/h5-9,15-16H,10-14H2,1-4H3/t15-,16-/m1/s1. The fourth-order valence-electron chi connectivity index (χ4n) is 4.76. The third-order valence-corrected chi connectivity index (χ3v) is 6.13. The molecule has 0 saturated carbocycles. The fraction of sp³-hybridized carbons (Fsp3) is 0.478. The van der Waals surface area contributed by atoms with Crippen LogP contribution in [0.5, 0.6) is 0 Å². The maximum Gasteiger partial charge on any atom is 0.332 e. The lowest BCUT2D eigenvalue weighted by molar-refractivity contribution is 0.0967. The number of carbonyl (C=O) groups is 1. The molecule has 0 aliphatic carbocycles. The van der Waals surface area contributed by atoms with E-state index in [1.807, 2.05) is 18.2 Å². The van der Waals surface area contributed by atoms with Gasteiger partial charge in [0.25, 0.3) is 5.56 Å². The lowest BCUT2D eigenvalue weighted by Gasteiger charge is -2.34. The first-order valence-corrected chi connectivity index (χ1v) is 10.7. The number of fused-ring (bicyclic) bond motifs is 1. The minimum Gasteiger partial charge on any atom is -0.313 e. The molecule has 0 unspecified atom stereocenters. The van der Waals surface area contributed by atoms with Crippen LogP contribution in [-0.4, -0.2) is 42.5 Å². The Kier molecular flexibility index (Phi) is 5.66. The van der Waals surface area contributed by atoms with Gasteiger partial charge in [-0.15, -0.1) is 0 Å². The molecule has 164 valence electrons. The van der Waals surface area contributed by atoms with Gasteiger partial charge in [0.2, 0.25) is 0 Å². The molecule has 0 amide bonds. The van der Waals surface area contributed by atoms with Crippen molar-refractivity contribution in [3.63, 3.8) is 0 Å². The zero-order chi connectivity index (χ0) is 22.3. The van der Waals surface area contributed by atoms with Crippen LogP contribution in [0.25, 0.3) is 11.2 Å². The topological polar surface area (TPSA) is 82.1 Å². The van der Waals surface area contributed by atoms with E-state index < -0.39 is 11.2 Å². The number of aromatic nitrogens is 4. The summed E-state index contributed by atoms with van der Waals surface area (Å²) < 4.78 is 4.16. The van der Waals surface area contributed by atoms with Gasteiger partial charge in [-0.05, 0) is 18.3 Å². The van der Waals surface area contributed by atoms with Crippen molar-refractivity contribution < 1.29 is 4.79 Å². The second kappa shape index (κ2) is 8.26. The molecular formula is C23H29N5O3. The average Bonchev–Trinajstić information content (AvgIpc) is 3.08. The Morgan fingerprint density at radius 2 is 1.68 bits per heavy atom. The van der Waals surface area contributed by atoms with E-state index in [2.05, 4.69) is 23.7 Å². The zero-order valence-electron chi connectivity index (χ0n) is 18.5. The highest BCUT2D eigenvalue weighted by Gasteiger charge is 2.26. The number of imidazole rings is 1. The number of carbonyl (C=O) groups excluding carboxylic acids is 1. The normalized spacial score (nSPS) is 19.7. The largest absolute Gasteiger partial charge is 0.332 e. The first-order chi connectivity index (χ1) is 14.8. The number of Topliss-reactive ketones (excluding diaryl/α,β-unsaturated/α-hetero) is 1. The lowest BCUT2D eigenvalue weighted by atomic mass is 9.92. The molecule has 2 atom stereocenters. The van der Waals surface area contributed by atoms with Crippen molar-refractivity contribution in [2.75, 3.05) is 13.1 Å². The monoisotopic (exact) mass is 423 g/mol. The van der Waals surface area contributed by atoms with E-state index in [0.29, 0.717) is 40.9 Å². The van der Waals surface area contributed by atoms with Gasteiger partial charge in [-0.25, -0.2) is 9.78 Å². The van der Waals surface area contributed by atoms with Gasteiger partial charge >= 0.3 is 5.69 Å².